The fraction of sp³-hybridized carbons (Fsp3) is 0.333. The van der Waals surface area contributed by atoms with E-state index in [0.29, 0.717) is 28.0 Å². The number of carbonyl (C=O) groups excluding carboxylic acids is 2. The number of benzene rings is 2. The number of rotatable bonds is 7. The first-order valence-electron chi connectivity index (χ1n) is 10.7. The van der Waals surface area contributed by atoms with Gasteiger partial charge in [0.05, 0.1) is 40.5 Å². The molecule has 0 aromatic heterocycles. The van der Waals surface area contributed by atoms with Gasteiger partial charge in [0.25, 0.3) is 11.9 Å². The zero-order chi connectivity index (χ0) is 24.6. The predicted octanol–water partition coefficient (Wildman–Crippen LogP) is 3.66. The minimum Gasteiger partial charge on any atom is -0.496 e. The van der Waals surface area contributed by atoms with Gasteiger partial charge in [-0.1, -0.05) is 29.9 Å². The van der Waals surface area contributed by atoms with E-state index in [9.17, 15) is 9.59 Å². The molecule has 34 heavy (non-hydrogen) atoms. The summed E-state index contributed by atoms with van der Waals surface area (Å²) in [7, 11) is 2.84. The molecule has 8 nitrogen and oxygen atoms in total. The number of ether oxygens (including phenoxy) is 5. The topological polar surface area (TPSA) is 92.3 Å². The first kappa shape index (κ1) is 24.0. The number of aryl methyl sites for hydroxylation is 1. The van der Waals surface area contributed by atoms with Gasteiger partial charge in [-0.3, -0.25) is 9.59 Å². The quantitative estimate of drug-likeness (QED) is 0.455. The number of halogens is 1. The van der Waals surface area contributed by atoms with Crippen LogP contribution in [0.3, 0.4) is 0 Å². The zero-order valence-corrected chi connectivity index (χ0v) is 21.4. The van der Waals surface area contributed by atoms with Crippen LogP contribution in [0.1, 0.15) is 5.56 Å². The van der Waals surface area contributed by atoms with Gasteiger partial charge in [0.2, 0.25) is 11.9 Å². The second-order valence-electron chi connectivity index (χ2n) is 8.69. The molecule has 2 aromatic carbocycles. The average molecular weight is 504 g/mol. The predicted molar refractivity (Wildman–Crippen MR) is 130 cm³/mol. The Labute approximate surface area is 203 Å². The second-order valence-corrected chi connectivity index (χ2v) is 13.9. The fourth-order valence-corrected chi connectivity index (χ4v) is 7.13. The summed E-state index contributed by atoms with van der Waals surface area (Å²) in [6, 6.07) is 8.18. The van der Waals surface area contributed by atoms with Crippen LogP contribution in [-0.2, 0) is 20.7 Å². The third kappa shape index (κ3) is 4.45. The summed E-state index contributed by atoms with van der Waals surface area (Å²) in [5.74, 6) is 0.155. The number of hydrogen-bond donors (Lipinski definition) is 1. The van der Waals surface area contributed by atoms with E-state index in [1.54, 1.807) is 12.1 Å². The van der Waals surface area contributed by atoms with Crippen LogP contribution in [0.5, 0.6) is 23.0 Å². The van der Waals surface area contributed by atoms with Crippen molar-refractivity contribution in [3.63, 3.8) is 0 Å². The fourth-order valence-electron chi connectivity index (χ4n) is 4.15. The van der Waals surface area contributed by atoms with E-state index in [1.165, 1.54) is 32.1 Å². The van der Waals surface area contributed by atoms with Gasteiger partial charge in [0.1, 0.15) is 28.7 Å². The second kappa shape index (κ2) is 9.23. The lowest BCUT2D eigenvalue weighted by Crippen LogP contribution is -2.37. The molecule has 2 aromatic rings. The number of fused-ring (bicyclic) bond motifs is 1. The molecule has 2 aliphatic rings. The highest BCUT2D eigenvalue weighted by atomic mass is 35.5. The zero-order valence-electron chi connectivity index (χ0n) is 19.6. The summed E-state index contributed by atoms with van der Waals surface area (Å²) in [6.07, 6.45) is 0.733. The van der Waals surface area contributed by atoms with Gasteiger partial charge in [0, 0.05) is 12.1 Å². The molecule has 180 valence electrons. The van der Waals surface area contributed by atoms with Crippen molar-refractivity contribution >= 4 is 42.2 Å². The van der Waals surface area contributed by atoms with Crippen LogP contribution in [-0.4, -0.2) is 47.2 Å². The summed E-state index contributed by atoms with van der Waals surface area (Å²) in [5, 5.41) is 4.36. The van der Waals surface area contributed by atoms with E-state index < -0.39 is 25.9 Å². The molecule has 0 spiro atoms. The van der Waals surface area contributed by atoms with Crippen LogP contribution >= 0.6 is 11.6 Å². The van der Waals surface area contributed by atoms with E-state index in [-0.39, 0.29) is 11.6 Å². The molecular weight excluding hydrogens is 478 g/mol. The van der Waals surface area contributed by atoms with Crippen LogP contribution in [0.15, 0.2) is 36.3 Å². The van der Waals surface area contributed by atoms with Crippen molar-refractivity contribution in [3.8, 4) is 23.0 Å². The van der Waals surface area contributed by atoms with Crippen molar-refractivity contribution in [1.82, 2.24) is 0 Å². The van der Waals surface area contributed by atoms with Crippen LogP contribution in [0, 0.1) is 0 Å². The molecule has 4 rings (SSSR count). The lowest BCUT2D eigenvalue weighted by molar-refractivity contribution is -0.134. The summed E-state index contributed by atoms with van der Waals surface area (Å²) in [5.41, 5.74) is 1.49. The molecule has 2 heterocycles. The Morgan fingerprint density at radius 3 is 2.35 bits per heavy atom. The maximum atomic E-state index is 12.9. The van der Waals surface area contributed by atoms with Crippen molar-refractivity contribution in [3.05, 3.63) is 46.9 Å². The largest absolute Gasteiger partial charge is 0.496 e. The minimum absolute atomic E-state index is 0.0851. The Morgan fingerprint density at radius 2 is 1.74 bits per heavy atom. The summed E-state index contributed by atoms with van der Waals surface area (Å²) in [6.45, 7) is 4.60. The van der Waals surface area contributed by atoms with Crippen molar-refractivity contribution in [2.24, 2.45) is 0 Å². The summed E-state index contributed by atoms with van der Waals surface area (Å²) >= 11 is 6.42. The average Bonchev–Trinajstić information content (AvgIpc) is 3.32. The van der Waals surface area contributed by atoms with E-state index in [0.717, 1.165) is 18.5 Å². The van der Waals surface area contributed by atoms with Gasteiger partial charge < -0.3 is 29.0 Å². The van der Waals surface area contributed by atoms with Gasteiger partial charge in [-0.05, 0) is 30.2 Å². The van der Waals surface area contributed by atoms with E-state index in [4.69, 9.17) is 35.3 Å². The van der Waals surface area contributed by atoms with Crippen molar-refractivity contribution < 1.29 is 33.3 Å². The molecule has 0 aliphatic carbocycles. The van der Waals surface area contributed by atoms with Crippen molar-refractivity contribution in [2.75, 3.05) is 26.6 Å². The maximum Gasteiger partial charge on any atom is 0.289 e. The molecule has 1 atom stereocenters. The Morgan fingerprint density at radius 1 is 1.06 bits per heavy atom. The van der Waals surface area contributed by atoms with Gasteiger partial charge in [-0.25, -0.2) is 0 Å². The highest BCUT2D eigenvalue weighted by Crippen LogP contribution is 2.39. The number of methoxy groups -OCH3 is 3. The van der Waals surface area contributed by atoms with Gasteiger partial charge in [-0.2, -0.15) is 0 Å². The highest BCUT2D eigenvalue weighted by molar-refractivity contribution is 6.91. The van der Waals surface area contributed by atoms with E-state index >= 15 is 0 Å². The van der Waals surface area contributed by atoms with Crippen LogP contribution in [0.4, 0.5) is 5.69 Å². The van der Waals surface area contributed by atoms with Crippen LogP contribution in [0.25, 0.3) is 0 Å². The maximum absolute atomic E-state index is 12.9. The molecule has 0 saturated carbocycles. The summed E-state index contributed by atoms with van der Waals surface area (Å²) < 4.78 is 27.2. The molecular formula is C24H26ClNO7Si. The number of ketones is 1. The molecule has 10 heteroatoms. The Hall–Kier alpha value is -3.17. The number of anilines is 1. The standard InChI is InChI=1S/C24H26ClNO7Si/c1-29-14-9-18(30-2)22(19(10-14)31-3)26-24(28)23-16(27)11-21(33-23)32-17-12-20-13(8-15(17)25)6-7-34(20,4)5/h8-12,23H,6-7H2,1-5H3,(H,26,28). The van der Waals surface area contributed by atoms with E-state index in [1.807, 2.05) is 12.1 Å². The monoisotopic (exact) mass is 503 g/mol. The Balaban J connectivity index is 1.51. The molecule has 0 bridgehead atoms. The Bertz CT molecular complexity index is 1170. The highest BCUT2D eigenvalue weighted by Gasteiger charge is 2.37. The molecule has 1 unspecified atom stereocenters. The number of carbonyl (C=O) groups is 2. The van der Waals surface area contributed by atoms with Crippen LogP contribution < -0.4 is 29.5 Å². The Kier molecular flexibility index (Phi) is 6.50. The number of amides is 1. The third-order valence-corrected chi connectivity index (χ3v) is 9.79. The first-order valence-corrected chi connectivity index (χ1v) is 14.3. The lowest BCUT2D eigenvalue weighted by Gasteiger charge is -2.19. The third-order valence-electron chi connectivity index (χ3n) is 6.07. The molecule has 0 fully saturated rings. The van der Waals surface area contributed by atoms with Crippen molar-refractivity contribution in [1.29, 1.82) is 0 Å². The van der Waals surface area contributed by atoms with Crippen LogP contribution in [0.2, 0.25) is 24.2 Å². The number of hydrogen-bond acceptors (Lipinski definition) is 7. The van der Waals surface area contributed by atoms with Crippen molar-refractivity contribution in [2.45, 2.75) is 31.7 Å². The molecule has 1 N–H and O–H groups in total. The lowest BCUT2D eigenvalue weighted by atomic mass is 10.2. The minimum atomic E-state index is -1.55. The van der Waals surface area contributed by atoms with Gasteiger partial charge in [0.15, 0.2) is 0 Å². The van der Waals surface area contributed by atoms with Gasteiger partial charge in [-0.15, -0.1) is 0 Å². The first-order chi connectivity index (χ1) is 16.2. The van der Waals surface area contributed by atoms with Gasteiger partial charge >= 0.3 is 0 Å². The normalized spacial score (nSPS) is 18.0. The molecule has 2 aliphatic heterocycles. The van der Waals surface area contributed by atoms with E-state index in [2.05, 4.69) is 18.4 Å². The SMILES string of the molecule is COc1cc(OC)c(NC(=O)C2OC(Oc3cc4c(cc3Cl)CC[Si]4(C)C)=CC2=O)c(OC)c1. The molecule has 1 amide bonds. The molecule has 0 saturated heterocycles. The smallest absolute Gasteiger partial charge is 0.289 e. The number of nitrogens with one attached hydrogen (secondary N) is 1. The molecule has 0 radical (unpaired) electrons. The summed E-state index contributed by atoms with van der Waals surface area (Å²) in [4.78, 5) is 25.5.